The van der Waals surface area contributed by atoms with Gasteiger partial charge in [-0.1, -0.05) is 12.1 Å². The Balaban J connectivity index is 1.58. The zero-order valence-corrected chi connectivity index (χ0v) is 10.9. The lowest BCUT2D eigenvalue weighted by Gasteiger charge is -2.31. The third-order valence-corrected chi connectivity index (χ3v) is 3.87. The molecule has 0 bridgehead atoms. The van der Waals surface area contributed by atoms with Crippen LogP contribution in [0.4, 0.5) is 5.69 Å². The van der Waals surface area contributed by atoms with Crippen LogP contribution in [0.15, 0.2) is 24.3 Å². The SMILES string of the molecule is c1cc(CN2CCC2)cc(NC2CCOCC2)c1. The predicted molar refractivity (Wildman–Crippen MR) is 73.8 cm³/mol. The smallest absolute Gasteiger partial charge is 0.0485 e. The molecule has 2 aliphatic heterocycles. The van der Waals surface area contributed by atoms with Gasteiger partial charge in [-0.15, -0.1) is 0 Å². The predicted octanol–water partition coefficient (Wildman–Crippen LogP) is 2.48. The number of hydrogen-bond acceptors (Lipinski definition) is 3. The van der Waals surface area contributed by atoms with Crippen molar-refractivity contribution in [1.82, 2.24) is 4.90 Å². The van der Waals surface area contributed by atoms with Gasteiger partial charge in [0.25, 0.3) is 0 Å². The summed E-state index contributed by atoms with van der Waals surface area (Å²) in [7, 11) is 0. The molecule has 2 fully saturated rings. The summed E-state index contributed by atoms with van der Waals surface area (Å²) in [5.41, 5.74) is 2.69. The van der Waals surface area contributed by atoms with Gasteiger partial charge in [-0.3, -0.25) is 4.90 Å². The first-order valence-electron chi connectivity index (χ1n) is 7.06. The molecule has 1 aromatic rings. The van der Waals surface area contributed by atoms with Crippen LogP contribution < -0.4 is 5.32 Å². The number of ether oxygens (including phenoxy) is 1. The Labute approximate surface area is 109 Å². The van der Waals surface area contributed by atoms with Crippen molar-refractivity contribution >= 4 is 5.69 Å². The lowest BCUT2D eigenvalue weighted by atomic mass is 10.1. The average Bonchev–Trinajstić information content (AvgIpc) is 2.36. The van der Waals surface area contributed by atoms with Crippen LogP contribution in [0, 0.1) is 0 Å². The van der Waals surface area contributed by atoms with Crippen LogP contribution in [0.5, 0.6) is 0 Å². The van der Waals surface area contributed by atoms with Crippen molar-refractivity contribution in [1.29, 1.82) is 0 Å². The molecule has 3 rings (SSSR count). The number of likely N-dealkylation sites (tertiary alicyclic amines) is 1. The third kappa shape index (κ3) is 3.03. The van der Waals surface area contributed by atoms with E-state index in [1.165, 1.54) is 30.8 Å². The molecule has 0 aliphatic carbocycles. The molecule has 0 spiro atoms. The topological polar surface area (TPSA) is 24.5 Å². The minimum Gasteiger partial charge on any atom is -0.382 e. The molecule has 2 saturated heterocycles. The first-order valence-corrected chi connectivity index (χ1v) is 7.06. The Morgan fingerprint density at radius 1 is 1.22 bits per heavy atom. The minimum absolute atomic E-state index is 0.581. The van der Waals surface area contributed by atoms with E-state index in [1.54, 1.807) is 0 Å². The average molecular weight is 246 g/mol. The summed E-state index contributed by atoms with van der Waals surface area (Å²) in [5, 5.41) is 3.63. The normalized spacial score (nSPS) is 21.6. The summed E-state index contributed by atoms with van der Waals surface area (Å²) < 4.78 is 5.39. The molecular weight excluding hydrogens is 224 g/mol. The number of rotatable bonds is 4. The molecule has 98 valence electrons. The van der Waals surface area contributed by atoms with Gasteiger partial charge in [0.15, 0.2) is 0 Å². The van der Waals surface area contributed by atoms with Gasteiger partial charge in [-0.05, 0) is 50.0 Å². The summed E-state index contributed by atoms with van der Waals surface area (Å²) in [6.45, 7) is 5.41. The maximum Gasteiger partial charge on any atom is 0.0485 e. The number of nitrogens with one attached hydrogen (secondary N) is 1. The second-order valence-electron chi connectivity index (χ2n) is 5.36. The van der Waals surface area contributed by atoms with Crippen molar-refractivity contribution in [3.05, 3.63) is 29.8 Å². The molecule has 1 N–H and O–H groups in total. The highest BCUT2D eigenvalue weighted by atomic mass is 16.5. The highest BCUT2D eigenvalue weighted by Crippen LogP contribution is 2.19. The second-order valence-corrected chi connectivity index (χ2v) is 5.36. The number of benzene rings is 1. The van der Waals surface area contributed by atoms with Gasteiger partial charge in [0, 0.05) is 31.5 Å². The van der Waals surface area contributed by atoms with Crippen LogP contribution in [-0.2, 0) is 11.3 Å². The summed E-state index contributed by atoms with van der Waals surface area (Å²) in [5.74, 6) is 0. The van der Waals surface area contributed by atoms with Crippen molar-refractivity contribution in [2.24, 2.45) is 0 Å². The van der Waals surface area contributed by atoms with Gasteiger partial charge in [0.2, 0.25) is 0 Å². The first kappa shape index (κ1) is 12.0. The van der Waals surface area contributed by atoms with Gasteiger partial charge in [-0.25, -0.2) is 0 Å². The molecule has 0 aromatic heterocycles. The number of nitrogens with zero attached hydrogens (tertiary/aromatic N) is 1. The van der Waals surface area contributed by atoms with Crippen molar-refractivity contribution in [3.8, 4) is 0 Å². The van der Waals surface area contributed by atoms with Crippen LogP contribution in [0.3, 0.4) is 0 Å². The fourth-order valence-corrected chi connectivity index (χ4v) is 2.64. The Bertz CT molecular complexity index is 384. The van der Waals surface area contributed by atoms with E-state index in [0.717, 1.165) is 32.6 Å². The molecule has 2 heterocycles. The van der Waals surface area contributed by atoms with Crippen molar-refractivity contribution in [2.45, 2.75) is 31.8 Å². The van der Waals surface area contributed by atoms with Gasteiger partial charge in [0.05, 0.1) is 0 Å². The van der Waals surface area contributed by atoms with E-state index in [2.05, 4.69) is 34.5 Å². The zero-order chi connectivity index (χ0) is 12.2. The van der Waals surface area contributed by atoms with Crippen molar-refractivity contribution in [3.63, 3.8) is 0 Å². The Hall–Kier alpha value is -1.06. The van der Waals surface area contributed by atoms with Gasteiger partial charge in [-0.2, -0.15) is 0 Å². The Morgan fingerprint density at radius 3 is 2.78 bits per heavy atom. The minimum atomic E-state index is 0.581. The number of anilines is 1. The van der Waals surface area contributed by atoms with Crippen molar-refractivity contribution in [2.75, 3.05) is 31.6 Å². The van der Waals surface area contributed by atoms with Gasteiger partial charge >= 0.3 is 0 Å². The molecule has 0 amide bonds. The monoisotopic (exact) mass is 246 g/mol. The van der Waals surface area contributed by atoms with E-state index in [9.17, 15) is 0 Å². The summed E-state index contributed by atoms with van der Waals surface area (Å²) in [4.78, 5) is 2.49. The Morgan fingerprint density at radius 2 is 2.06 bits per heavy atom. The molecule has 3 heteroatoms. The van der Waals surface area contributed by atoms with Crippen LogP contribution in [0.25, 0.3) is 0 Å². The second kappa shape index (κ2) is 5.72. The quantitative estimate of drug-likeness (QED) is 0.883. The molecule has 0 unspecified atom stereocenters. The molecule has 0 atom stereocenters. The van der Waals surface area contributed by atoms with E-state index in [-0.39, 0.29) is 0 Å². The zero-order valence-electron chi connectivity index (χ0n) is 10.9. The van der Waals surface area contributed by atoms with E-state index in [0.29, 0.717) is 6.04 Å². The third-order valence-electron chi connectivity index (χ3n) is 3.87. The summed E-state index contributed by atoms with van der Waals surface area (Å²) in [6, 6.07) is 9.45. The maximum absolute atomic E-state index is 5.39. The highest BCUT2D eigenvalue weighted by molar-refractivity contribution is 5.46. The highest BCUT2D eigenvalue weighted by Gasteiger charge is 2.15. The molecule has 2 aliphatic rings. The Kier molecular flexibility index (Phi) is 3.81. The lowest BCUT2D eigenvalue weighted by Crippen LogP contribution is -2.36. The van der Waals surface area contributed by atoms with E-state index in [4.69, 9.17) is 4.74 Å². The molecule has 0 radical (unpaired) electrons. The molecule has 18 heavy (non-hydrogen) atoms. The lowest BCUT2D eigenvalue weighted by molar-refractivity contribution is 0.0904. The van der Waals surface area contributed by atoms with E-state index < -0.39 is 0 Å². The molecular formula is C15H22N2O. The standard InChI is InChI=1S/C15H22N2O/c1-3-13(12-17-7-2-8-17)11-15(4-1)16-14-5-9-18-10-6-14/h1,3-4,11,14,16H,2,5-10,12H2. The fraction of sp³-hybridized carbons (Fsp3) is 0.600. The summed E-state index contributed by atoms with van der Waals surface area (Å²) in [6.07, 6.45) is 3.60. The van der Waals surface area contributed by atoms with Gasteiger partial charge < -0.3 is 10.1 Å². The van der Waals surface area contributed by atoms with Crippen LogP contribution >= 0.6 is 0 Å². The number of hydrogen-bond donors (Lipinski definition) is 1. The van der Waals surface area contributed by atoms with Crippen LogP contribution in [0.1, 0.15) is 24.8 Å². The van der Waals surface area contributed by atoms with Crippen LogP contribution in [-0.4, -0.2) is 37.2 Å². The molecule has 0 saturated carbocycles. The molecule has 3 nitrogen and oxygen atoms in total. The van der Waals surface area contributed by atoms with Gasteiger partial charge in [0.1, 0.15) is 0 Å². The largest absolute Gasteiger partial charge is 0.382 e. The molecule has 1 aromatic carbocycles. The van der Waals surface area contributed by atoms with E-state index >= 15 is 0 Å². The summed E-state index contributed by atoms with van der Waals surface area (Å²) >= 11 is 0. The van der Waals surface area contributed by atoms with Crippen molar-refractivity contribution < 1.29 is 4.74 Å². The fourth-order valence-electron chi connectivity index (χ4n) is 2.64. The van der Waals surface area contributed by atoms with Crippen LogP contribution in [0.2, 0.25) is 0 Å². The first-order chi connectivity index (χ1) is 8.90. The van der Waals surface area contributed by atoms with E-state index in [1.807, 2.05) is 0 Å². The maximum atomic E-state index is 5.39.